The molecule has 1 saturated heterocycles. The average Bonchev–Trinajstić information content (AvgIpc) is 2.41. The summed E-state index contributed by atoms with van der Waals surface area (Å²) < 4.78 is 0. The quantitative estimate of drug-likeness (QED) is 0.667. The number of nitrogens with zero attached hydrogens (tertiary/aromatic N) is 1. The first-order chi connectivity index (χ1) is 9.53. The Balaban J connectivity index is 2.32. The minimum atomic E-state index is -0.318. The van der Waals surface area contributed by atoms with Crippen LogP contribution < -0.4 is 10.6 Å². The molecule has 0 radical (unpaired) electrons. The van der Waals surface area contributed by atoms with Gasteiger partial charge < -0.3 is 20.6 Å². The van der Waals surface area contributed by atoms with E-state index in [0.29, 0.717) is 6.42 Å². The van der Waals surface area contributed by atoms with Crippen LogP contribution in [-0.2, 0) is 0 Å². The highest BCUT2D eigenvalue weighted by Crippen LogP contribution is 2.14. The molecule has 0 aromatic rings. The lowest BCUT2D eigenvalue weighted by Gasteiger charge is -2.34. The summed E-state index contributed by atoms with van der Waals surface area (Å²) in [5, 5.41) is 15.1. The van der Waals surface area contributed by atoms with Gasteiger partial charge in [-0.1, -0.05) is 13.8 Å². The summed E-state index contributed by atoms with van der Waals surface area (Å²) in [5.41, 5.74) is -0.318. The summed E-state index contributed by atoms with van der Waals surface area (Å²) in [4.78, 5) is 14.5. The summed E-state index contributed by atoms with van der Waals surface area (Å²) in [6, 6.07) is 0.176. The van der Waals surface area contributed by atoms with E-state index < -0.39 is 0 Å². The summed E-state index contributed by atoms with van der Waals surface area (Å²) in [6.45, 7) is 9.60. The lowest BCUT2D eigenvalue weighted by Crippen LogP contribution is -2.54. The molecule has 3 N–H and O–H groups in total. The van der Waals surface area contributed by atoms with Crippen molar-refractivity contribution in [1.29, 1.82) is 0 Å². The van der Waals surface area contributed by atoms with E-state index in [9.17, 15) is 4.79 Å². The Labute approximate surface area is 123 Å². The molecule has 0 aromatic carbocycles. The average molecular weight is 285 g/mol. The van der Waals surface area contributed by atoms with Gasteiger partial charge >= 0.3 is 6.03 Å². The van der Waals surface area contributed by atoms with Gasteiger partial charge in [0.2, 0.25) is 0 Å². The maximum absolute atomic E-state index is 12.1. The van der Waals surface area contributed by atoms with Gasteiger partial charge in [-0.15, -0.1) is 0 Å². The fraction of sp³-hybridized carbons (Fsp3) is 0.933. The lowest BCUT2D eigenvalue weighted by atomic mass is 9.95. The van der Waals surface area contributed by atoms with Crippen LogP contribution in [0.2, 0.25) is 0 Å². The first-order valence-electron chi connectivity index (χ1n) is 7.95. The third-order valence-electron chi connectivity index (χ3n) is 4.32. The molecule has 2 amide bonds. The first-order valence-corrected chi connectivity index (χ1v) is 7.95. The second-order valence-corrected chi connectivity index (χ2v) is 6.10. The highest BCUT2D eigenvalue weighted by molar-refractivity contribution is 5.75. The smallest absolute Gasteiger partial charge is 0.315 e. The molecule has 0 saturated carbocycles. The summed E-state index contributed by atoms with van der Waals surface area (Å²) in [7, 11) is 0. The standard InChI is InChI=1S/C15H31N3O2/c1-4-9-18-10-6-13(7-11-18)16-14(20)17-15(3,5-2)8-12-19/h13,19H,4-12H2,1-3H3,(H2,16,17,20). The number of piperidine rings is 1. The minimum absolute atomic E-state index is 0.0972. The molecule has 0 spiro atoms. The van der Waals surface area contributed by atoms with Gasteiger partial charge in [-0.25, -0.2) is 4.79 Å². The maximum Gasteiger partial charge on any atom is 0.315 e. The van der Waals surface area contributed by atoms with Crippen LogP contribution in [-0.4, -0.2) is 53.9 Å². The van der Waals surface area contributed by atoms with Gasteiger partial charge in [0.1, 0.15) is 0 Å². The van der Waals surface area contributed by atoms with Crippen LogP contribution in [0.1, 0.15) is 52.9 Å². The fourth-order valence-electron chi connectivity index (χ4n) is 2.69. The number of nitrogens with one attached hydrogen (secondary N) is 2. The van der Waals surface area contributed by atoms with E-state index in [1.54, 1.807) is 0 Å². The van der Waals surface area contributed by atoms with Crippen molar-refractivity contribution in [3.8, 4) is 0 Å². The molecular weight excluding hydrogens is 254 g/mol. The van der Waals surface area contributed by atoms with Gasteiger partial charge in [-0.05, 0) is 45.6 Å². The highest BCUT2D eigenvalue weighted by Gasteiger charge is 2.26. The molecule has 1 aliphatic rings. The van der Waals surface area contributed by atoms with Gasteiger partial charge in [0.15, 0.2) is 0 Å². The number of urea groups is 1. The molecule has 0 aliphatic carbocycles. The minimum Gasteiger partial charge on any atom is -0.396 e. The molecular formula is C15H31N3O2. The fourth-order valence-corrected chi connectivity index (χ4v) is 2.69. The number of hydrogen-bond donors (Lipinski definition) is 3. The topological polar surface area (TPSA) is 64.6 Å². The second kappa shape index (κ2) is 8.47. The van der Waals surface area contributed by atoms with E-state index in [0.717, 1.165) is 38.9 Å². The van der Waals surface area contributed by atoms with Gasteiger partial charge in [-0.2, -0.15) is 0 Å². The first kappa shape index (κ1) is 17.2. The summed E-state index contributed by atoms with van der Waals surface area (Å²) in [5.74, 6) is 0. The maximum atomic E-state index is 12.1. The van der Waals surface area contributed by atoms with Crippen LogP contribution in [0.4, 0.5) is 4.79 Å². The van der Waals surface area contributed by atoms with Crippen molar-refractivity contribution >= 4 is 6.03 Å². The van der Waals surface area contributed by atoms with Gasteiger partial charge in [0, 0.05) is 31.3 Å². The monoisotopic (exact) mass is 285 g/mol. The molecule has 1 atom stereocenters. The number of hydrogen-bond acceptors (Lipinski definition) is 3. The van der Waals surface area contributed by atoms with E-state index in [-0.39, 0.29) is 24.2 Å². The number of likely N-dealkylation sites (tertiary alicyclic amines) is 1. The molecule has 1 aliphatic heterocycles. The highest BCUT2D eigenvalue weighted by atomic mass is 16.3. The number of carbonyl (C=O) groups is 1. The van der Waals surface area contributed by atoms with Crippen molar-refractivity contribution in [2.24, 2.45) is 0 Å². The van der Waals surface area contributed by atoms with Crippen molar-refractivity contribution < 1.29 is 9.90 Å². The van der Waals surface area contributed by atoms with E-state index >= 15 is 0 Å². The zero-order chi connectivity index (χ0) is 15.0. The van der Waals surface area contributed by atoms with Gasteiger partial charge in [-0.3, -0.25) is 0 Å². The van der Waals surface area contributed by atoms with Crippen molar-refractivity contribution in [2.75, 3.05) is 26.2 Å². The van der Waals surface area contributed by atoms with E-state index in [1.807, 2.05) is 13.8 Å². The van der Waals surface area contributed by atoms with Crippen LogP contribution in [0.5, 0.6) is 0 Å². The largest absolute Gasteiger partial charge is 0.396 e. The number of aliphatic hydroxyl groups excluding tert-OH is 1. The molecule has 1 rings (SSSR count). The lowest BCUT2D eigenvalue weighted by molar-refractivity contribution is 0.180. The van der Waals surface area contributed by atoms with Crippen molar-refractivity contribution in [3.63, 3.8) is 0 Å². The Morgan fingerprint density at radius 2 is 2.00 bits per heavy atom. The number of carbonyl (C=O) groups excluding carboxylic acids is 1. The van der Waals surface area contributed by atoms with Crippen molar-refractivity contribution in [3.05, 3.63) is 0 Å². The molecule has 20 heavy (non-hydrogen) atoms. The summed E-state index contributed by atoms with van der Waals surface area (Å²) >= 11 is 0. The van der Waals surface area contributed by atoms with E-state index in [1.165, 1.54) is 6.42 Å². The van der Waals surface area contributed by atoms with Crippen molar-refractivity contribution in [2.45, 2.75) is 64.5 Å². The molecule has 0 bridgehead atoms. The predicted octanol–water partition coefficient (Wildman–Crippen LogP) is 1.71. The molecule has 1 fully saturated rings. The van der Waals surface area contributed by atoms with Crippen LogP contribution in [0, 0.1) is 0 Å². The summed E-state index contributed by atoms with van der Waals surface area (Å²) in [6.07, 6.45) is 4.64. The Morgan fingerprint density at radius 1 is 1.35 bits per heavy atom. The van der Waals surface area contributed by atoms with Gasteiger partial charge in [0.25, 0.3) is 0 Å². The number of rotatable bonds is 7. The Morgan fingerprint density at radius 3 is 2.50 bits per heavy atom. The predicted molar refractivity (Wildman–Crippen MR) is 81.8 cm³/mol. The van der Waals surface area contributed by atoms with Gasteiger partial charge in [0.05, 0.1) is 0 Å². The van der Waals surface area contributed by atoms with Crippen LogP contribution >= 0.6 is 0 Å². The molecule has 5 heteroatoms. The molecule has 118 valence electrons. The Hall–Kier alpha value is -0.810. The number of amides is 2. The third-order valence-corrected chi connectivity index (χ3v) is 4.32. The normalized spacial score (nSPS) is 20.4. The number of aliphatic hydroxyl groups is 1. The van der Waals surface area contributed by atoms with Crippen LogP contribution in [0.3, 0.4) is 0 Å². The third kappa shape index (κ3) is 5.67. The van der Waals surface area contributed by atoms with E-state index in [2.05, 4.69) is 22.5 Å². The zero-order valence-electron chi connectivity index (χ0n) is 13.2. The second-order valence-electron chi connectivity index (χ2n) is 6.10. The van der Waals surface area contributed by atoms with E-state index in [4.69, 9.17) is 5.11 Å². The Kier molecular flexibility index (Phi) is 7.30. The van der Waals surface area contributed by atoms with Crippen LogP contribution in [0.25, 0.3) is 0 Å². The van der Waals surface area contributed by atoms with Crippen LogP contribution in [0.15, 0.2) is 0 Å². The molecule has 0 aromatic heterocycles. The molecule has 1 unspecified atom stereocenters. The molecule has 1 heterocycles. The Bertz CT molecular complexity index is 291. The van der Waals surface area contributed by atoms with Crippen molar-refractivity contribution in [1.82, 2.24) is 15.5 Å². The zero-order valence-corrected chi connectivity index (χ0v) is 13.2. The SMILES string of the molecule is CCCN1CCC(NC(=O)NC(C)(CC)CCO)CC1. The molecule has 5 nitrogen and oxygen atoms in total.